The minimum absolute atomic E-state index is 0.311. The monoisotopic (exact) mass is 310 g/mol. The number of hydrogen-bond acceptors (Lipinski definition) is 2. The van der Waals surface area contributed by atoms with Gasteiger partial charge >= 0.3 is 0 Å². The molecule has 0 unspecified atom stereocenters. The van der Waals surface area contributed by atoms with Gasteiger partial charge in [-0.05, 0) is 43.1 Å². The van der Waals surface area contributed by atoms with Gasteiger partial charge in [0, 0.05) is 6.61 Å². The van der Waals surface area contributed by atoms with E-state index in [1.54, 1.807) is 0 Å². The highest BCUT2D eigenvalue weighted by Crippen LogP contribution is 2.36. The van der Waals surface area contributed by atoms with Crippen LogP contribution in [0.25, 0.3) is 0 Å². The third kappa shape index (κ3) is 8.22. The van der Waals surface area contributed by atoms with Crippen LogP contribution in [0.15, 0.2) is 12.1 Å². The minimum atomic E-state index is -1.56. The largest absolute Gasteiger partial charge is 0.417 e. The van der Waals surface area contributed by atoms with Crippen LogP contribution in [0, 0.1) is 0 Å². The quantitative estimate of drug-likeness (QED) is 0.437. The number of hydrogen-bond donors (Lipinski definition) is 0. The van der Waals surface area contributed by atoms with E-state index in [-0.39, 0.29) is 0 Å². The summed E-state index contributed by atoms with van der Waals surface area (Å²) < 4.78 is 6.18. The summed E-state index contributed by atoms with van der Waals surface area (Å²) in [5.41, 5.74) is 0. The van der Waals surface area contributed by atoms with Gasteiger partial charge in [-0.3, -0.25) is 0 Å². The van der Waals surface area contributed by atoms with Crippen LogP contribution < -0.4 is 0 Å². The van der Waals surface area contributed by atoms with Gasteiger partial charge in [-0.1, -0.05) is 54.5 Å². The standard InChI is InChI=1S/C17H37BNOSi/c1-15(2)19(16(3)4)18-13-11-10-12-14-20-21(8,9)17(5,6)7/h11,13,15-16H,10,12,14H2,1-9H3/b13-11+. The highest BCUT2D eigenvalue weighted by atomic mass is 28.4. The lowest BCUT2D eigenvalue weighted by molar-refractivity contribution is 0.283. The summed E-state index contributed by atoms with van der Waals surface area (Å²) in [4.78, 5) is 2.38. The Balaban J connectivity index is 3.94. The second-order valence-corrected chi connectivity index (χ2v) is 12.8. The predicted octanol–water partition coefficient (Wildman–Crippen LogP) is 5.04. The van der Waals surface area contributed by atoms with E-state index in [0.29, 0.717) is 17.1 Å². The SMILES string of the molecule is CC(C)N([B]/C=C/CCCO[Si](C)(C)C(C)(C)C)C(C)C. The smallest absolute Gasteiger partial charge is 0.239 e. The Bertz CT molecular complexity index is 300. The van der Waals surface area contributed by atoms with Crippen LogP contribution in [-0.4, -0.2) is 39.2 Å². The van der Waals surface area contributed by atoms with Crippen LogP contribution in [0.5, 0.6) is 0 Å². The first-order valence-electron chi connectivity index (χ1n) is 8.40. The van der Waals surface area contributed by atoms with Crippen molar-refractivity contribution in [3.8, 4) is 0 Å². The molecule has 0 aromatic rings. The summed E-state index contributed by atoms with van der Waals surface area (Å²) in [6, 6.07) is 1.10. The van der Waals surface area contributed by atoms with Gasteiger partial charge < -0.3 is 9.24 Å². The normalized spacial score (nSPS) is 13.9. The lowest BCUT2D eigenvalue weighted by Crippen LogP contribution is -2.40. The fraction of sp³-hybridized carbons (Fsp3) is 0.882. The van der Waals surface area contributed by atoms with Crippen molar-refractivity contribution in [3.05, 3.63) is 12.1 Å². The molecule has 0 aliphatic rings. The molecule has 0 aliphatic heterocycles. The second-order valence-electron chi connectivity index (χ2n) is 7.96. The summed E-state index contributed by atoms with van der Waals surface area (Å²) >= 11 is 0. The van der Waals surface area contributed by atoms with Gasteiger partial charge in [0.05, 0.1) is 0 Å². The molecule has 0 aromatic heterocycles. The second kappa shape index (κ2) is 9.16. The summed E-state index contributed by atoms with van der Waals surface area (Å²) in [6.07, 6.45) is 4.46. The average Bonchev–Trinajstić information content (AvgIpc) is 2.29. The molecule has 0 bridgehead atoms. The molecule has 0 aromatic carbocycles. The van der Waals surface area contributed by atoms with Crippen molar-refractivity contribution in [2.24, 2.45) is 0 Å². The topological polar surface area (TPSA) is 12.5 Å². The lowest BCUT2D eigenvalue weighted by atomic mass is 9.86. The Morgan fingerprint density at radius 3 is 2.05 bits per heavy atom. The minimum Gasteiger partial charge on any atom is -0.417 e. The van der Waals surface area contributed by atoms with Gasteiger partial charge in [-0.2, -0.15) is 0 Å². The molecule has 4 heteroatoms. The molecule has 0 heterocycles. The molecule has 0 fully saturated rings. The van der Waals surface area contributed by atoms with Crippen LogP contribution in [0.3, 0.4) is 0 Å². The van der Waals surface area contributed by atoms with Gasteiger partial charge in [-0.15, -0.1) is 5.98 Å². The molecule has 123 valence electrons. The Kier molecular flexibility index (Phi) is 9.14. The molecule has 0 saturated heterocycles. The van der Waals surface area contributed by atoms with E-state index in [9.17, 15) is 0 Å². The molecule has 1 radical (unpaired) electrons. The number of unbranched alkanes of at least 4 members (excludes halogenated alkanes) is 1. The van der Waals surface area contributed by atoms with E-state index in [1.165, 1.54) is 0 Å². The van der Waals surface area contributed by atoms with Crippen LogP contribution in [-0.2, 0) is 4.43 Å². The van der Waals surface area contributed by atoms with Crippen LogP contribution in [0.4, 0.5) is 0 Å². The maximum atomic E-state index is 6.18. The van der Waals surface area contributed by atoms with E-state index in [2.05, 4.69) is 85.8 Å². The zero-order chi connectivity index (χ0) is 16.7. The van der Waals surface area contributed by atoms with E-state index >= 15 is 0 Å². The lowest BCUT2D eigenvalue weighted by Gasteiger charge is -2.36. The zero-order valence-electron chi connectivity index (χ0n) is 15.9. The Labute approximate surface area is 135 Å². The van der Waals surface area contributed by atoms with Crippen molar-refractivity contribution in [2.45, 2.75) is 91.5 Å². The average molecular weight is 310 g/mol. The molecule has 0 saturated carbocycles. The highest BCUT2D eigenvalue weighted by Gasteiger charge is 2.36. The summed E-state index contributed by atoms with van der Waals surface area (Å²) in [6.45, 7) is 21.3. The van der Waals surface area contributed by atoms with Crippen molar-refractivity contribution in [3.63, 3.8) is 0 Å². The molecule has 0 amide bonds. The number of allylic oxidation sites excluding steroid dienone is 1. The third-order valence-electron chi connectivity index (χ3n) is 4.37. The first kappa shape index (κ1) is 20.9. The first-order valence-corrected chi connectivity index (χ1v) is 11.3. The van der Waals surface area contributed by atoms with Crippen molar-refractivity contribution >= 4 is 15.7 Å². The molecular weight excluding hydrogens is 273 g/mol. The fourth-order valence-corrected chi connectivity index (χ4v) is 3.03. The van der Waals surface area contributed by atoms with Crippen molar-refractivity contribution < 1.29 is 4.43 Å². The summed E-state index contributed by atoms with van der Waals surface area (Å²) in [5.74, 6) is 2.19. The van der Waals surface area contributed by atoms with Crippen LogP contribution in [0.1, 0.15) is 61.3 Å². The molecule has 0 aliphatic carbocycles. The van der Waals surface area contributed by atoms with E-state index in [1.807, 2.05) is 0 Å². The first-order chi connectivity index (χ1) is 9.49. The van der Waals surface area contributed by atoms with E-state index < -0.39 is 8.32 Å². The van der Waals surface area contributed by atoms with Crippen molar-refractivity contribution in [2.75, 3.05) is 6.61 Å². The van der Waals surface area contributed by atoms with Gasteiger partial charge in [0.2, 0.25) is 7.41 Å². The molecule has 21 heavy (non-hydrogen) atoms. The van der Waals surface area contributed by atoms with Gasteiger partial charge in [-0.25, -0.2) is 0 Å². The fourth-order valence-electron chi connectivity index (χ4n) is 1.94. The molecular formula is C17H37BNOSi. The third-order valence-corrected chi connectivity index (χ3v) is 8.91. The van der Waals surface area contributed by atoms with E-state index in [0.717, 1.165) is 19.4 Å². The molecule has 0 N–H and O–H groups in total. The molecule has 2 nitrogen and oxygen atoms in total. The summed E-state index contributed by atoms with van der Waals surface area (Å²) in [5, 5.41) is 0.311. The highest BCUT2D eigenvalue weighted by molar-refractivity contribution is 6.74. The van der Waals surface area contributed by atoms with E-state index in [4.69, 9.17) is 4.43 Å². The van der Waals surface area contributed by atoms with Gasteiger partial charge in [0.1, 0.15) is 0 Å². The van der Waals surface area contributed by atoms with Crippen molar-refractivity contribution in [1.29, 1.82) is 0 Å². The Morgan fingerprint density at radius 1 is 1.10 bits per heavy atom. The predicted molar refractivity (Wildman–Crippen MR) is 99.4 cm³/mol. The van der Waals surface area contributed by atoms with Gasteiger partial charge in [0.15, 0.2) is 8.32 Å². The Morgan fingerprint density at radius 2 is 1.62 bits per heavy atom. The molecule has 0 spiro atoms. The molecule has 0 rings (SSSR count). The van der Waals surface area contributed by atoms with Gasteiger partial charge in [0.25, 0.3) is 0 Å². The van der Waals surface area contributed by atoms with Crippen LogP contribution >= 0.6 is 0 Å². The zero-order valence-corrected chi connectivity index (χ0v) is 16.9. The summed E-state index contributed by atoms with van der Waals surface area (Å²) in [7, 11) is 0.651. The number of nitrogens with zero attached hydrogens (tertiary/aromatic N) is 1. The molecule has 0 atom stereocenters. The maximum Gasteiger partial charge on any atom is 0.239 e. The van der Waals surface area contributed by atoms with Crippen LogP contribution in [0.2, 0.25) is 18.1 Å². The maximum absolute atomic E-state index is 6.18. The van der Waals surface area contributed by atoms with Crippen molar-refractivity contribution in [1.82, 2.24) is 4.81 Å². The number of rotatable bonds is 9. The Hall–Kier alpha value is -0.0582.